The first kappa shape index (κ1) is 18.4. The molecule has 2 aromatic heterocycles. The van der Waals surface area contributed by atoms with Crippen LogP contribution in [-0.4, -0.2) is 58.0 Å². The van der Waals surface area contributed by atoms with Crippen LogP contribution in [0.5, 0.6) is 5.88 Å². The van der Waals surface area contributed by atoms with Gasteiger partial charge >= 0.3 is 0 Å². The predicted molar refractivity (Wildman–Crippen MR) is 106 cm³/mol. The van der Waals surface area contributed by atoms with Gasteiger partial charge in [0, 0.05) is 24.5 Å². The third-order valence-electron chi connectivity index (χ3n) is 4.96. The third-order valence-corrected chi connectivity index (χ3v) is 4.96. The zero-order valence-corrected chi connectivity index (χ0v) is 16.4. The number of hydrogen-bond acceptors (Lipinski definition) is 5. The molecular weight excluding hydrogens is 356 g/mol. The lowest BCUT2D eigenvalue weighted by molar-refractivity contribution is -0.142. The second kappa shape index (κ2) is 7.59. The maximum absolute atomic E-state index is 12.6. The van der Waals surface area contributed by atoms with Crippen molar-refractivity contribution in [2.45, 2.75) is 26.9 Å². The fourth-order valence-electron chi connectivity index (χ4n) is 3.56. The number of aryl methyl sites for hydroxylation is 2. The molecule has 1 fully saturated rings. The molecule has 1 aliphatic rings. The van der Waals surface area contributed by atoms with E-state index in [2.05, 4.69) is 10.1 Å². The number of amides is 1. The number of morpholine rings is 1. The number of fused-ring (bicyclic) bond motifs is 1. The van der Waals surface area contributed by atoms with E-state index in [1.54, 1.807) is 11.8 Å². The number of pyridine rings is 1. The second-order valence-electron chi connectivity index (χ2n) is 7.01. The summed E-state index contributed by atoms with van der Waals surface area (Å²) in [7, 11) is 0. The quantitative estimate of drug-likeness (QED) is 0.696. The van der Waals surface area contributed by atoms with Gasteiger partial charge in [-0.15, -0.1) is 0 Å². The fraction of sp³-hybridized carbons (Fsp3) is 0.381. The summed E-state index contributed by atoms with van der Waals surface area (Å²) in [6.07, 6.45) is -0.614. The number of benzene rings is 1. The van der Waals surface area contributed by atoms with Crippen molar-refractivity contribution >= 4 is 16.9 Å². The minimum Gasteiger partial charge on any atom is -0.464 e. The first-order valence-electron chi connectivity index (χ1n) is 9.50. The molecule has 7 heteroatoms. The van der Waals surface area contributed by atoms with Gasteiger partial charge in [0.05, 0.1) is 24.6 Å². The largest absolute Gasteiger partial charge is 0.464 e. The van der Waals surface area contributed by atoms with E-state index in [-0.39, 0.29) is 5.91 Å². The van der Waals surface area contributed by atoms with Gasteiger partial charge in [0.25, 0.3) is 5.91 Å². The molecule has 4 rings (SSSR count). The van der Waals surface area contributed by atoms with Crippen molar-refractivity contribution in [1.29, 1.82) is 0 Å². The van der Waals surface area contributed by atoms with Gasteiger partial charge in [0.2, 0.25) is 5.88 Å². The zero-order chi connectivity index (χ0) is 19.7. The molecule has 1 saturated heterocycles. The SMILES string of the molecule is Cc1cc(OC(C)C(=O)N2CCOCC2)nc2c1c(C)nn2-c1ccccc1. The Kier molecular flexibility index (Phi) is 5.00. The predicted octanol–water partition coefficient (Wildman–Crippen LogP) is 2.66. The van der Waals surface area contributed by atoms with Gasteiger partial charge in [0.1, 0.15) is 0 Å². The maximum atomic E-state index is 12.6. The number of aromatic nitrogens is 3. The highest BCUT2D eigenvalue weighted by Gasteiger charge is 2.25. The fourth-order valence-corrected chi connectivity index (χ4v) is 3.56. The molecule has 1 aliphatic heterocycles. The van der Waals surface area contributed by atoms with E-state index in [0.29, 0.717) is 32.2 Å². The minimum atomic E-state index is -0.614. The van der Waals surface area contributed by atoms with Crippen molar-refractivity contribution in [2.24, 2.45) is 0 Å². The number of hydrogen-bond donors (Lipinski definition) is 0. The number of nitrogens with zero attached hydrogens (tertiary/aromatic N) is 4. The van der Waals surface area contributed by atoms with Crippen LogP contribution in [0.2, 0.25) is 0 Å². The van der Waals surface area contributed by atoms with Crippen LogP contribution in [0.3, 0.4) is 0 Å². The average molecular weight is 380 g/mol. The molecule has 0 saturated carbocycles. The van der Waals surface area contributed by atoms with Crippen LogP contribution in [0.1, 0.15) is 18.2 Å². The van der Waals surface area contributed by atoms with E-state index >= 15 is 0 Å². The van der Waals surface area contributed by atoms with E-state index in [9.17, 15) is 4.79 Å². The van der Waals surface area contributed by atoms with Gasteiger partial charge in [-0.25, -0.2) is 4.68 Å². The molecule has 1 unspecified atom stereocenters. The molecule has 0 aliphatic carbocycles. The molecule has 0 radical (unpaired) electrons. The summed E-state index contributed by atoms with van der Waals surface area (Å²) in [6.45, 7) is 8.07. The highest BCUT2D eigenvalue weighted by molar-refractivity contribution is 5.84. The smallest absolute Gasteiger partial charge is 0.263 e. The summed E-state index contributed by atoms with van der Waals surface area (Å²) < 4.78 is 13.1. The molecular formula is C21H24N4O3. The Morgan fingerprint density at radius 1 is 1.18 bits per heavy atom. The van der Waals surface area contributed by atoms with Crippen LogP contribution in [0, 0.1) is 13.8 Å². The van der Waals surface area contributed by atoms with Crippen molar-refractivity contribution in [1.82, 2.24) is 19.7 Å². The van der Waals surface area contributed by atoms with Gasteiger partial charge < -0.3 is 14.4 Å². The Labute approximate surface area is 163 Å². The number of ether oxygens (including phenoxy) is 2. The molecule has 3 heterocycles. The lowest BCUT2D eigenvalue weighted by atomic mass is 10.1. The first-order chi connectivity index (χ1) is 13.5. The molecule has 3 aromatic rings. The standard InChI is InChI=1S/C21H24N4O3/c1-14-13-18(28-16(3)21(26)24-9-11-27-12-10-24)22-20-19(14)15(2)23-25(20)17-7-5-4-6-8-17/h4-8,13,16H,9-12H2,1-3H3. The lowest BCUT2D eigenvalue weighted by Gasteiger charge is -2.29. The maximum Gasteiger partial charge on any atom is 0.263 e. The minimum absolute atomic E-state index is 0.0457. The molecule has 0 bridgehead atoms. The number of carbonyl (C=O) groups is 1. The van der Waals surface area contributed by atoms with Crippen LogP contribution >= 0.6 is 0 Å². The normalized spacial score (nSPS) is 15.6. The van der Waals surface area contributed by atoms with Crippen LogP contribution < -0.4 is 4.74 Å². The molecule has 0 N–H and O–H groups in total. The number of carbonyl (C=O) groups excluding carboxylic acids is 1. The molecule has 1 aromatic carbocycles. The average Bonchev–Trinajstić information content (AvgIpc) is 3.05. The summed E-state index contributed by atoms with van der Waals surface area (Å²) in [5.74, 6) is 0.381. The number of rotatable bonds is 4. The van der Waals surface area contributed by atoms with Crippen LogP contribution in [0.4, 0.5) is 0 Å². The van der Waals surface area contributed by atoms with Crippen LogP contribution in [0.15, 0.2) is 36.4 Å². The summed E-state index contributed by atoms with van der Waals surface area (Å²) in [5, 5.41) is 5.66. The highest BCUT2D eigenvalue weighted by Crippen LogP contribution is 2.27. The molecule has 146 valence electrons. The van der Waals surface area contributed by atoms with E-state index in [1.165, 1.54) is 0 Å². The summed E-state index contributed by atoms with van der Waals surface area (Å²) in [5.41, 5.74) is 3.59. The summed E-state index contributed by atoms with van der Waals surface area (Å²) in [6, 6.07) is 11.7. The van der Waals surface area contributed by atoms with Crippen molar-refractivity contribution < 1.29 is 14.3 Å². The highest BCUT2D eigenvalue weighted by atomic mass is 16.5. The molecule has 7 nitrogen and oxygen atoms in total. The van der Waals surface area contributed by atoms with Gasteiger partial charge in [0.15, 0.2) is 11.8 Å². The summed E-state index contributed by atoms with van der Waals surface area (Å²) >= 11 is 0. The topological polar surface area (TPSA) is 69.5 Å². The van der Waals surface area contributed by atoms with Gasteiger partial charge in [-0.3, -0.25) is 4.79 Å². The van der Waals surface area contributed by atoms with E-state index in [4.69, 9.17) is 9.47 Å². The Morgan fingerprint density at radius 2 is 1.89 bits per heavy atom. The zero-order valence-electron chi connectivity index (χ0n) is 16.4. The van der Waals surface area contributed by atoms with Crippen molar-refractivity contribution in [3.05, 3.63) is 47.7 Å². The van der Waals surface area contributed by atoms with Gasteiger partial charge in [-0.1, -0.05) is 18.2 Å². The molecule has 1 amide bonds. The monoisotopic (exact) mass is 380 g/mol. The van der Waals surface area contributed by atoms with E-state index < -0.39 is 6.10 Å². The van der Waals surface area contributed by atoms with Gasteiger partial charge in [-0.2, -0.15) is 10.1 Å². The van der Waals surface area contributed by atoms with Crippen LogP contribution in [0.25, 0.3) is 16.7 Å². The van der Waals surface area contributed by atoms with Crippen molar-refractivity contribution in [3.8, 4) is 11.6 Å². The summed E-state index contributed by atoms with van der Waals surface area (Å²) in [4.78, 5) is 19.1. The molecule has 0 spiro atoms. The number of para-hydroxylation sites is 1. The Bertz CT molecular complexity index is 994. The first-order valence-corrected chi connectivity index (χ1v) is 9.50. The Hall–Kier alpha value is -2.93. The molecule has 1 atom stereocenters. The van der Waals surface area contributed by atoms with E-state index in [1.807, 2.05) is 54.9 Å². The van der Waals surface area contributed by atoms with E-state index in [0.717, 1.165) is 28.0 Å². The Morgan fingerprint density at radius 3 is 2.61 bits per heavy atom. The Balaban J connectivity index is 1.65. The molecule has 28 heavy (non-hydrogen) atoms. The van der Waals surface area contributed by atoms with Crippen LogP contribution in [-0.2, 0) is 9.53 Å². The van der Waals surface area contributed by atoms with Crippen molar-refractivity contribution in [2.75, 3.05) is 26.3 Å². The lowest BCUT2D eigenvalue weighted by Crippen LogP contribution is -2.46. The van der Waals surface area contributed by atoms with Gasteiger partial charge in [-0.05, 0) is 38.5 Å². The second-order valence-corrected chi connectivity index (χ2v) is 7.01. The third kappa shape index (κ3) is 3.45. The van der Waals surface area contributed by atoms with Crippen molar-refractivity contribution in [3.63, 3.8) is 0 Å².